The normalized spacial score (nSPS) is 9.94. The molecule has 1 heterocycles. The molecule has 5 nitrogen and oxygen atoms in total. The van der Waals surface area contributed by atoms with Gasteiger partial charge in [0.1, 0.15) is 10.6 Å². The van der Waals surface area contributed by atoms with Crippen LogP contribution in [0.5, 0.6) is 5.75 Å². The van der Waals surface area contributed by atoms with Crippen molar-refractivity contribution in [3.8, 4) is 5.75 Å². The quantitative estimate of drug-likeness (QED) is 0.891. The number of methoxy groups -OCH3 is 1. The zero-order valence-electron chi connectivity index (χ0n) is 9.21. The monoisotopic (exact) mass is 249 g/mol. The van der Waals surface area contributed by atoms with Crippen LogP contribution in [0.15, 0.2) is 30.5 Å². The number of hydrogen-bond donors (Lipinski definition) is 1. The smallest absolute Gasteiger partial charge is 0.264 e. The van der Waals surface area contributed by atoms with Gasteiger partial charge < -0.3 is 10.1 Å². The van der Waals surface area contributed by atoms with Crippen molar-refractivity contribution in [2.45, 2.75) is 6.54 Å². The fourth-order valence-corrected chi connectivity index (χ4v) is 1.81. The van der Waals surface area contributed by atoms with Crippen LogP contribution in [0.2, 0.25) is 0 Å². The van der Waals surface area contributed by atoms with Gasteiger partial charge in [-0.2, -0.15) is 0 Å². The maximum Gasteiger partial charge on any atom is 0.264 e. The molecule has 2 aromatic rings. The summed E-state index contributed by atoms with van der Waals surface area (Å²) in [4.78, 5) is 12.2. The Labute approximate surface area is 103 Å². The first-order valence-electron chi connectivity index (χ1n) is 4.98. The standard InChI is InChI=1S/C11H11N3O2S/c1-16-9-5-3-2-4-8(9)6-12-11(15)10-7-13-14-17-10/h2-5,7H,6H2,1H3,(H,12,15). The Morgan fingerprint density at radius 1 is 1.47 bits per heavy atom. The molecule has 0 unspecified atom stereocenters. The second kappa shape index (κ2) is 5.40. The fourth-order valence-electron chi connectivity index (χ4n) is 1.38. The van der Waals surface area contributed by atoms with Crippen LogP contribution >= 0.6 is 11.5 Å². The van der Waals surface area contributed by atoms with Gasteiger partial charge in [-0.15, -0.1) is 5.10 Å². The van der Waals surface area contributed by atoms with Gasteiger partial charge in [0.25, 0.3) is 5.91 Å². The summed E-state index contributed by atoms with van der Waals surface area (Å²) in [6.45, 7) is 0.417. The van der Waals surface area contributed by atoms with Crippen molar-refractivity contribution in [1.29, 1.82) is 0 Å². The van der Waals surface area contributed by atoms with Crippen LogP contribution in [-0.4, -0.2) is 22.6 Å². The van der Waals surface area contributed by atoms with Gasteiger partial charge in [0, 0.05) is 12.1 Å². The van der Waals surface area contributed by atoms with Crippen LogP contribution < -0.4 is 10.1 Å². The van der Waals surface area contributed by atoms with Gasteiger partial charge in [0.15, 0.2) is 0 Å². The van der Waals surface area contributed by atoms with E-state index in [1.54, 1.807) is 7.11 Å². The van der Waals surface area contributed by atoms with Crippen molar-refractivity contribution in [3.05, 3.63) is 40.9 Å². The zero-order chi connectivity index (χ0) is 12.1. The highest BCUT2D eigenvalue weighted by Crippen LogP contribution is 2.16. The molecule has 1 N–H and O–H groups in total. The number of ether oxygens (including phenoxy) is 1. The van der Waals surface area contributed by atoms with Crippen LogP contribution in [0.3, 0.4) is 0 Å². The largest absolute Gasteiger partial charge is 0.496 e. The van der Waals surface area contributed by atoms with E-state index in [-0.39, 0.29) is 5.91 Å². The molecule has 0 atom stereocenters. The van der Waals surface area contributed by atoms with Crippen LogP contribution in [0.4, 0.5) is 0 Å². The highest BCUT2D eigenvalue weighted by atomic mass is 32.1. The topological polar surface area (TPSA) is 64.1 Å². The summed E-state index contributed by atoms with van der Waals surface area (Å²) >= 11 is 1.07. The SMILES string of the molecule is COc1ccccc1CNC(=O)c1cnns1. The summed E-state index contributed by atoms with van der Waals surface area (Å²) in [5.41, 5.74) is 0.931. The molecule has 0 spiro atoms. The molecule has 0 aliphatic rings. The molecule has 88 valence electrons. The molecule has 0 saturated carbocycles. The summed E-state index contributed by atoms with van der Waals surface area (Å²) in [5.74, 6) is 0.584. The van der Waals surface area contributed by atoms with Gasteiger partial charge in [-0.3, -0.25) is 4.79 Å². The summed E-state index contributed by atoms with van der Waals surface area (Å²) in [6.07, 6.45) is 1.45. The van der Waals surface area contributed by atoms with Crippen molar-refractivity contribution >= 4 is 17.4 Å². The molecule has 0 radical (unpaired) electrons. The summed E-state index contributed by atoms with van der Waals surface area (Å²) in [7, 11) is 1.60. The molecular formula is C11H11N3O2S. The Bertz CT molecular complexity index is 499. The number of hydrogen-bond acceptors (Lipinski definition) is 5. The number of para-hydroxylation sites is 1. The number of rotatable bonds is 4. The predicted molar refractivity (Wildman–Crippen MR) is 64.1 cm³/mol. The minimum absolute atomic E-state index is 0.175. The maximum absolute atomic E-state index is 11.7. The number of carbonyl (C=O) groups excluding carboxylic acids is 1. The molecule has 0 fully saturated rings. The van der Waals surface area contributed by atoms with Crippen LogP contribution in [0, 0.1) is 0 Å². The van der Waals surface area contributed by atoms with Crippen molar-refractivity contribution in [3.63, 3.8) is 0 Å². The second-order valence-electron chi connectivity index (χ2n) is 3.28. The Balaban J connectivity index is 2.00. The lowest BCUT2D eigenvalue weighted by molar-refractivity contribution is 0.0954. The summed E-state index contributed by atoms with van der Waals surface area (Å²) in [5, 5.41) is 6.40. The lowest BCUT2D eigenvalue weighted by atomic mass is 10.2. The maximum atomic E-state index is 11.7. The van der Waals surface area contributed by atoms with E-state index in [1.807, 2.05) is 24.3 Å². The third-order valence-corrected chi connectivity index (χ3v) is 2.88. The number of amides is 1. The third-order valence-electron chi connectivity index (χ3n) is 2.22. The highest BCUT2D eigenvalue weighted by molar-refractivity contribution is 7.07. The Hall–Kier alpha value is -1.95. The molecule has 0 aliphatic heterocycles. The van der Waals surface area contributed by atoms with Crippen LogP contribution in [0.1, 0.15) is 15.2 Å². The van der Waals surface area contributed by atoms with E-state index in [0.29, 0.717) is 11.4 Å². The van der Waals surface area contributed by atoms with Crippen LogP contribution in [-0.2, 0) is 6.54 Å². The van der Waals surface area contributed by atoms with E-state index < -0.39 is 0 Å². The van der Waals surface area contributed by atoms with E-state index in [1.165, 1.54) is 6.20 Å². The van der Waals surface area contributed by atoms with Crippen molar-refractivity contribution in [1.82, 2.24) is 14.9 Å². The number of benzene rings is 1. The summed E-state index contributed by atoms with van der Waals surface area (Å²) < 4.78 is 8.83. The van der Waals surface area contributed by atoms with Gasteiger partial charge in [-0.05, 0) is 17.6 Å². The van der Waals surface area contributed by atoms with Gasteiger partial charge in [0.2, 0.25) is 0 Å². The van der Waals surface area contributed by atoms with E-state index >= 15 is 0 Å². The molecule has 17 heavy (non-hydrogen) atoms. The molecule has 0 aliphatic carbocycles. The third kappa shape index (κ3) is 2.79. The fraction of sp³-hybridized carbons (Fsp3) is 0.182. The number of aromatic nitrogens is 2. The highest BCUT2D eigenvalue weighted by Gasteiger charge is 2.09. The van der Waals surface area contributed by atoms with E-state index in [0.717, 1.165) is 22.8 Å². The number of carbonyl (C=O) groups is 1. The minimum Gasteiger partial charge on any atom is -0.496 e. The molecular weight excluding hydrogens is 238 g/mol. The van der Waals surface area contributed by atoms with Gasteiger partial charge in [-0.1, -0.05) is 22.7 Å². The zero-order valence-corrected chi connectivity index (χ0v) is 10.0. The molecule has 0 bridgehead atoms. The van der Waals surface area contributed by atoms with E-state index in [4.69, 9.17) is 4.74 Å². The van der Waals surface area contributed by atoms with Gasteiger partial charge in [-0.25, -0.2) is 0 Å². The molecule has 1 aromatic carbocycles. The first-order valence-corrected chi connectivity index (χ1v) is 5.76. The number of nitrogens with one attached hydrogen (secondary N) is 1. The summed E-state index contributed by atoms with van der Waals surface area (Å²) in [6, 6.07) is 7.55. The van der Waals surface area contributed by atoms with Crippen molar-refractivity contribution in [2.24, 2.45) is 0 Å². The molecule has 6 heteroatoms. The second-order valence-corrected chi connectivity index (χ2v) is 4.06. The van der Waals surface area contributed by atoms with E-state index in [2.05, 4.69) is 14.9 Å². The molecule has 1 amide bonds. The van der Waals surface area contributed by atoms with Crippen molar-refractivity contribution < 1.29 is 9.53 Å². The first kappa shape index (κ1) is 11.5. The predicted octanol–water partition coefficient (Wildman–Crippen LogP) is 1.48. The lowest BCUT2D eigenvalue weighted by Crippen LogP contribution is -2.22. The van der Waals surface area contributed by atoms with Crippen molar-refractivity contribution in [2.75, 3.05) is 7.11 Å². The van der Waals surface area contributed by atoms with Crippen LogP contribution in [0.25, 0.3) is 0 Å². The van der Waals surface area contributed by atoms with E-state index in [9.17, 15) is 4.79 Å². The average molecular weight is 249 g/mol. The van der Waals surface area contributed by atoms with Gasteiger partial charge in [0.05, 0.1) is 13.3 Å². The molecule has 2 rings (SSSR count). The molecule has 1 aromatic heterocycles. The lowest BCUT2D eigenvalue weighted by Gasteiger charge is -2.08. The Kier molecular flexibility index (Phi) is 3.66. The molecule has 0 saturated heterocycles. The Morgan fingerprint density at radius 3 is 3.00 bits per heavy atom. The average Bonchev–Trinajstić information content (AvgIpc) is 2.90. The van der Waals surface area contributed by atoms with Gasteiger partial charge >= 0.3 is 0 Å². The minimum atomic E-state index is -0.175. The first-order chi connectivity index (χ1) is 8.31. The Morgan fingerprint density at radius 2 is 2.29 bits per heavy atom. The number of nitrogens with zero attached hydrogens (tertiary/aromatic N) is 2.